The third kappa shape index (κ3) is 7.94. The molecule has 1 aliphatic carbocycles. The van der Waals surface area contributed by atoms with Gasteiger partial charge in [-0.1, -0.05) is 12.5 Å². The Hall–Kier alpha value is -3.14. The van der Waals surface area contributed by atoms with E-state index in [1.165, 1.54) is 27.9 Å². The lowest BCUT2D eigenvalue weighted by Gasteiger charge is -2.44. The van der Waals surface area contributed by atoms with Gasteiger partial charge in [0.15, 0.2) is 18.3 Å². The standard InChI is InChI=1S/C29H40O10/c1-7-35-25(33)14-20-9-8-10-21(13-20)22-11-12-24(34-6)23(15-22)27-29(39-19(5)32)28(38-18(4)31)26(16(2)36-27)37-17(3)30/h11-12,15-16,20-21,26-29H,7-10,13-14H2,1-6H3/t16-,20?,21?,26+,27+,28+,29+/m0/s1. The number of hydrogen-bond donors (Lipinski definition) is 0. The van der Waals surface area contributed by atoms with Gasteiger partial charge in [0, 0.05) is 32.8 Å². The summed E-state index contributed by atoms with van der Waals surface area (Å²) in [4.78, 5) is 48.2. The van der Waals surface area contributed by atoms with Gasteiger partial charge in [0.2, 0.25) is 0 Å². The molecule has 10 heteroatoms. The van der Waals surface area contributed by atoms with Crippen LogP contribution in [-0.2, 0) is 42.9 Å². The van der Waals surface area contributed by atoms with Crippen LogP contribution < -0.4 is 4.74 Å². The Morgan fingerprint density at radius 2 is 1.56 bits per heavy atom. The Balaban J connectivity index is 1.98. The number of ether oxygens (including phenoxy) is 6. The van der Waals surface area contributed by atoms with E-state index in [9.17, 15) is 19.2 Å². The molecule has 0 amide bonds. The van der Waals surface area contributed by atoms with Crippen molar-refractivity contribution in [3.63, 3.8) is 0 Å². The van der Waals surface area contributed by atoms with Gasteiger partial charge >= 0.3 is 23.9 Å². The third-order valence-corrected chi connectivity index (χ3v) is 7.25. The zero-order valence-electron chi connectivity index (χ0n) is 23.6. The number of esters is 4. The van der Waals surface area contributed by atoms with E-state index in [0.29, 0.717) is 24.3 Å². The van der Waals surface area contributed by atoms with Crippen molar-refractivity contribution in [3.05, 3.63) is 29.3 Å². The van der Waals surface area contributed by atoms with E-state index in [4.69, 9.17) is 28.4 Å². The lowest BCUT2D eigenvalue weighted by atomic mass is 9.76. The van der Waals surface area contributed by atoms with Crippen LogP contribution >= 0.6 is 0 Å². The van der Waals surface area contributed by atoms with Gasteiger partial charge in [-0.15, -0.1) is 0 Å². The van der Waals surface area contributed by atoms with E-state index in [2.05, 4.69) is 0 Å². The highest BCUT2D eigenvalue weighted by Gasteiger charge is 2.51. The number of methoxy groups -OCH3 is 1. The fourth-order valence-corrected chi connectivity index (χ4v) is 5.73. The molecule has 39 heavy (non-hydrogen) atoms. The van der Waals surface area contributed by atoms with Crippen LogP contribution in [-0.4, -0.2) is 62.0 Å². The van der Waals surface area contributed by atoms with Gasteiger partial charge in [-0.05, 0) is 62.6 Å². The predicted molar refractivity (Wildman–Crippen MR) is 139 cm³/mol. The molecule has 2 unspecified atom stereocenters. The monoisotopic (exact) mass is 548 g/mol. The lowest BCUT2D eigenvalue weighted by molar-refractivity contribution is -0.245. The number of carbonyl (C=O) groups is 4. The Bertz CT molecular complexity index is 1040. The average Bonchev–Trinajstić information content (AvgIpc) is 2.87. The van der Waals surface area contributed by atoms with Crippen LogP contribution in [0.5, 0.6) is 5.75 Å². The molecule has 0 radical (unpaired) electrons. The fraction of sp³-hybridized carbons (Fsp3) is 0.655. The zero-order valence-corrected chi connectivity index (χ0v) is 23.6. The molecule has 1 aromatic rings. The van der Waals surface area contributed by atoms with Gasteiger partial charge in [-0.25, -0.2) is 0 Å². The summed E-state index contributed by atoms with van der Waals surface area (Å²) in [7, 11) is 1.53. The first-order chi connectivity index (χ1) is 18.5. The summed E-state index contributed by atoms with van der Waals surface area (Å²) in [5.74, 6) is -1.03. The highest BCUT2D eigenvalue weighted by molar-refractivity contribution is 5.70. The van der Waals surface area contributed by atoms with Crippen LogP contribution in [0.4, 0.5) is 0 Å². The summed E-state index contributed by atoms with van der Waals surface area (Å²) in [6.45, 7) is 7.61. The van der Waals surface area contributed by atoms with E-state index in [1.54, 1.807) is 13.8 Å². The highest BCUT2D eigenvalue weighted by atomic mass is 16.6. The molecule has 0 spiro atoms. The predicted octanol–water partition coefficient (Wildman–Crippen LogP) is 4.18. The van der Waals surface area contributed by atoms with Crippen molar-refractivity contribution in [2.24, 2.45) is 5.92 Å². The van der Waals surface area contributed by atoms with Crippen LogP contribution in [0.25, 0.3) is 0 Å². The summed E-state index contributed by atoms with van der Waals surface area (Å²) in [5, 5.41) is 0. The second-order valence-electron chi connectivity index (χ2n) is 10.2. The Labute approximate surface area is 229 Å². The van der Waals surface area contributed by atoms with Crippen LogP contribution in [0.1, 0.15) is 89.9 Å². The SMILES string of the molecule is CCOC(=O)CC1CCCC(c2ccc(OC)c([C@H]3O[C@@H](C)[C@@H](OC(C)=O)[C@@H](OC(C)=O)[C@@H]3OC(C)=O)c2)C1. The molecule has 1 saturated carbocycles. The first-order valence-electron chi connectivity index (χ1n) is 13.5. The summed E-state index contributed by atoms with van der Waals surface area (Å²) in [5.41, 5.74) is 1.67. The number of hydrogen-bond acceptors (Lipinski definition) is 10. The maximum atomic E-state index is 12.2. The summed E-state index contributed by atoms with van der Waals surface area (Å²) >= 11 is 0. The third-order valence-electron chi connectivity index (χ3n) is 7.25. The van der Waals surface area contributed by atoms with Gasteiger partial charge in [0.05, 0.1) is 19.8 Å². The first-order valence-corrected chi connectivity index (χ1v) is 13.5. The molecule has 216 valence electrons. The number of rotatable bonds is 9. The largest absolute Gasteiger partial charge is 0.496 e. The Kier molecular flexibility index (Phi) is 10.7. The smallest absolute Gasteiger partial charge is 0.306 e. The van der Waals surface area contributed by atoms with Gasteiger partial charge in [0.25, 0.3) is 0 Å². The van der Waals surface area contributed by atoms with Crippen molar-refractivity contribution in [1.29, 1.82) is 0 Å². The molecular formula is C29H40O10. The molecule has 1 saturated heterocycles. The Morgan fingerprint density at radius 1 is 0.923 bits per heavy atom. The van der Waals surface area contributed by atoms with Crippen molar-refractivity contribution in [3.8, 4) is 5.75 Å². The zero-order chi connectivity index (χ0) is 28.7. The van der Waals surface area contributed by atoms with Gasteiger partial charge in [-0.3, -0.25) is 19.2 Å². The average molecular weight is 549 g/mol. The normalized spacial score (nSPS) is 28.6. The molecule has 1 heterocycles. The molecular weight excluding hydrogens is 508 g/mol. The van der Waals surface area contributed by atoms with Crippen molar-refractivity contribution in [2.45, 2.75) is 103 Å². The topological polar surface area (TPSA) is 124 Å². The minimum absolute atomic E-state index is 0.175. The maximum absolute atomic E-state index is 12.2. The van der Waals surface area contributed by atoms with E-state index in [1.807, 2.05) is 18.2 Å². The van der Waals surface area contributed by atoms with E-state index >= 15 is 0 Å². The molecule has 10 nitrogen and oxygen atoms in total. The highest BCUT2D eigenvalue weighted by Crippen LogP contribution is 2.44. The van der Waals surface area contributed by atoms with E-state index in [0.717, 1.165) is 31.2 Å². The molecule has 0 bridgehead atoms. The molecule has 7 atom stereocenters. The van der Waals surface area contributed by atoms with Crippen molar-refractivity contribution < 1.29 is 47.6 Å². The second-order valence-corrected chi connectivity index (χ2v) is 10.2. The summed E-state index contributed by atoms with van der Waals surface area (Å²) in [6.07, 6.45) is -0.578. The van der Waals surface area contributed by atoms with Crippen LogP contribution in [0, 0.1) is 5.92 Å². The van der Waals surface area contributed by atoms with Gasteiger partial charge in [0.1, 0.15) is 11.9 Å². The maximum Gasteiger partial charge on any atom is 0.306 e. The number of carbonyl (C=O) groups excluding carboxylic acids is 4. The van der Waals surface area contributed by atoms with Crippen molar-refractivity contribution in [2.75, 3.05) is 13.7 Å². The summed E-state index contributed by atoms with van der Waals surface area (Å²) in [6, 6.07) is 5.82. The first kappa shape index (κ1) is 30.4. The molecule has 3 rings (SSSR count). The van der Waals surface area contributed by atoms with Crippen LogP contribution in [0.3, 0.4) is 0 Å². The molecule has 0 N–H and O–H groups in total. The second kappa shape index (κ2) is 13.8. The lowest BCUT2D eigenvalue weighted by Crippen LogP contribution is -2.57. The van der Waals surface area contributed by atoms with Crippen molar-refractivity contribution in [1.82, 2.24) is 0 Å². The molecule has 1 aliphatic heterocycles. The minimum Gasteiger partial charge on any atom is -0.496 e. The molecule has 2 fully saturated rings. The number of benzene rings is 1. The van der Waals surface area contributed by atoms with Crippen molar-refractivity contribution >= 4 is 23.9 Å². The van der Waals surface area contributed by atoms with Crippen LogP contribution in [0.2, 0.25) is 0 Å². The molecule has 2 aliphatic rings. The van der Waals surface area contributed by atoms with E-state index < -0.39 is 48.4 Å². The van der Waals surface area contributed by atoms with Crippen LogP contribution in [0.15, 0.2) is 18.2 Å². The molecule has 1 aromatic carbocycles. The minimum atomic E-state index is -1.10. The molecule has 0 aromatic heterocycles. The summed E-state index contributed by atoms with van der Waals surface area (Å²) < 4.78 is 33.8. The fourth-order valence-electron chi connectivity index (χ4n) is 5.73. The van der Waals surface area contributed by atoms with E-state index in [-0.39, 0.29) is 17.8 Å². The van der Waals surface area contributed by atoms with Gasteiger partial charge < -0.3 is 28.4 Å². The Morgan fingerprint density at radius 3 is 2.18 bits per heavy atom. The van der Waals surface area contributed by atoms with Gasteiger partial charge in [-0.2, -0.15) is 0 Å². The quantitative estimate of drug-likeness (QED) is 0.328.